The summed E-state index contributed by atoms with van der Waals surface area (Å²) >= 11 is 1.39. The van der Waals surface area contributed by atoms with Gasteiger partial charge >= 0.3 is 0 Å². The molecule has 2 heterocycles. The average Bonchev–Trinajstić information content (AvgIpc) is 2.82. The number of aromatic amines is 1. The first-order valence-corrected chi connectivity index (χ1v) is 11.7. The van der Waals surface area contributed by atoms with Crippen LogP contribution in [0.3, 0.4) is 0 Å². The molecule has 34 heavy (non-hydrogen) atoms. The van der Waals surface area contributed by atoms with Crippen LogP contribution in [0, 0.1) is 0 Å². The topological polar surface area (TPSA) is 136 Å². The van der Waals surface area contributed by atoms with E-state index in [1.54, 1.807) is 18.2 Å². The number of anilines is 1. The lowest BCUT2D eigenvalue weighted by molar-refractivity contribution is -0.120. The lowest BCUT2D eigenvalue weighted by Gasteiger charge is -2.25. The molecule has 0 aliphatic carbocycles. The quantitative estimate of drug-likeness (QED) is 0.316. The van der Waals surface area contributed by atoms with Gasteiger partial charge < -0.3 is 25.5 Å². The van der Waals surface area contributed by atoms with E-state index in [1.165, 1.54) is 11.8 Å². The number of nitrogens with zero attached hydrogens (tertiary/aromatic N) is 1. The molecule has 10 heteroatoms. The highest BCUT2D eigenvalue weighted by Crippen LogP contribution is 2.38. The molecule has 1 aliphatic heterocycles. The van der Waals surface area contributed by atoms with Crippen molar-refractivity contribution in [3.63, 3.8) is 0 Å². The van der Waals surface area contributed by atoms with Gasteiger partial charge in [0.1, 0.15) is 5.82 Å². The number of carbonyl (C=O) groups is 2. The van der Waals surface area contributed by atoms with E-state index < -0.39 is 11.8 Å². The van der Waals surface area contributed by atoms with Crippen LogP contribution in [0.25, 0.3) is 0 Å². The van der Waals surface area contributed by atoms with E-state index in [9.17, 15) is 14.4 Å². The van der Waals surface area contributed by atoms with E-state index in [2.05, 4.69) is 15.3 Å². The van der Waals surface area contributed by atoms with Crippen LogP contribution >= 0.6 is 11.8 Å². The van der Waals surface area contributed by atoms with Crippen LogP contribution < -0.4 is 26.1 Å². The number of ether oxygens (including phenoxy) is 2. The van der Waals surface area contributed by atoms with Crippen molar-refractivity contribution in [3.05, 3.63) is 75.6 Å². The first-order valence-electron chi connectivity index (χ1n) is 10.7. The lowest BCUT2D eigenvalue weighted by Crippen LogP contribution is -2.31. The van der Waals surface area contributed by atoms with Crippen molar-refractivity contribution in [1.29, 1.82) is 0 Å². The number of hydrogen-bond donors (Lipinski definition) is 3. The van der Waals surface area contributed by atoms with Crippen LogP contribution in [0.5, 0.6) is 11.5 Å². The highest BCUT2D eigenvalue weighted by atomic mass is 32.2. The van der Waals surface area contributed by atoms with Crippen LogP contribution in [0.1, 0.15) is 36.0 Å². The van der Waals surface area contributed by atoms with E-state index in [-0.39, 0.29) is 30.3 Å². The third kappa shape index (κ3) is 5.40. The van der Waals surface area contributed by atoms with Crippen LogP contribution in [0.15, 0.2) is 58.5 Å². The molecule has 0 radical (unpaired) electrons. The molecule has 4 rings (SSSR count). The Morgan fingerprint density at radius 3 is 2.68 bits per heavy atom. The van der Waals surface area contributed by atoms with Crippen molar-refractivity contribution in [2.75, 3.05) is 18.5 Å². The molecule has 2 aromatic carbocycles. The number of nitrogens with two attached hydrogens (primary N) is 1. The number of primary amides is 1. The van der Waals surface area contributed by atoms with Crippen molar-refractivity contribution in [2.45, 2.75) is 30.2 Å². The highest BCUT2D eigenvalue weighted by Gasteiger charge is 2.31. The molecule has 1 atom stereocenters. The molecule has 0 saturated carbocycles. The first-order chi connectivity index (χ1) is 16.4. The monoisotopic (exact) mass is 480 g/mol. The average molecular weight is 481 g/mol. The van der Waals surface area contributed by atoms with Crippen LogP contribution in [-0.2, 0) is 15.3 Å². The zero-order chi connectivity index (χ0) is 24.1. The van der Waals surface area contributed by atoms with Gasteiger partial charge in [0.2, 0.25) is 5.91 Å². The summed E-state index contributed by atoms with van der Waals surface area (Å²) in [4.78, 5) is 44.0. The van der Waals surface area contributed by atoms with Gasteiger partial charge in [-0.05, 0) is 30.2 Å². The Hall–Kier alpha value is -3.79. The van der Waals surface area contributed by atoms with E-state index >= 15 is 0 Å². The van der Waals surface area contributed by atoms with Gasteiger partial charge in [0.15, 0.2) is 23.3 Å². The van der Waals surface area contributed by atoms with E-state index in [0.717, 1.165) is 5.56 Å². The Morgan fingerprint density at radius 2 is 1.94 bits per heavy atom. The molecule has 1 aromatic heterocycles. The van der Waals surface area contributed by atoms with Gasteiger partial charge in [-0.2, -0.15) is 0 Å². The Bertz CT molecular complexity index is 1260. The number of fused-ring (bicyclic) bond motifs is 1. The summed E-state index contributed by atoms with van der Waals surface area (Å²) in [6.45, 7) is 1.89. The molecule has 9 nitrogen and oxygen atoms in total. The molecular formula is C24H24N4O5S. The molecule has 1 aliphatic rings. The summed E-state index contributed by atoms with van der Waals surface area (Å²) in [5.41, 5.74) is 7.04. The summed E-state index contributed by atoms with van der Waals surface area (Å²) < 4.78 is 11.1. The maximum atomic E-state index is 13.1. The Morgan fingerprint density at radius 1 is 1.15 bits per heavy atom. The summed E-state index contributed by atoms with van der Waals surface area (Å²) in [6.07, 6.45) is 0.0846. The summed E-state index contributed by atoms with van der Waals surface area (Å²) in [5.74, 6) is 0.275. The Balaban J connectivity index is 1.64. The van der Waals surface area contributed by atoms with Crippen LogP contribution in [-0.4, -0.2) is 35.0 Å². The number of benzene rings is 2. The van der Waals surface area contributed by atoms with Gasteiger partial charge in [0, 0.05) is 18.1 Å². The zero-order valence-corrected chi connectivity index (χ0v) is 19.3. The summed E-state index contributed by atoms with van der Waals surface area (Å²) in [6, 6.07) is 14.9. The number of carbonyl (C=O) groups excluding carboxylic acids is 2. The number of thioether (sulfide) groups is 1. The standard InChI is InChI=1S/C24H24N4O5S/c1-2-32-18-10-15(8-9-17(18)33-12-19(25)29)16-11-20(30)26-22-21(16)23(31)28-24(27-22)34-13-14-6-4-3-5-7-14/h3-10,16H,2,11-13H2,1H3,(H2,25,29)(H2,26,27,28,30,31)/t16-/m1/s1. The number of nitrogens with one attached hydrogen (secondary N) is 2. The molecule has 0 saturated heterocycles. The van der Waals surface area contributed by atoms with Crippen molar-refractivity contribution in [2.24, 2.45) is 5.73 Å². The number of H-pyrrole nitrogens is 1. The Kier molecular flexibility index (Phi) is 7.17. The predicted molar refractivity (Wildman–Crippen MR) is 128 cm³/mol. The second-order valence-electron chi connectivity index (χ2n) is 7.61. The largest absolute Gasteiger partial charge is 0.490 e. The van der Waals surface area contributed by atoms with Gasteiger partial charge in [-0.1, -0.05) is 48.2 Å². The maximum Gasteiger partial charge on any atom is 0.257 e. The molecule has 0 fully saturated rings. The zero-order valence-electron chi connectivity index (χ0n) is 18.5. The van der Waals surface area contributed by atoms with Crippen LogP contribution in [0.4, 0.5) is 5.82 Å². The molecule has 176 valence electrons. The summed E-state index contributed by atoms with van der Waals surface area (Å²) in [7, 11) is 0. The molecule has 0 unspecified atom stereocenters. The van der Waals surface area contributed by atoms with Gasteiger partial charge in [-0.3, -0.25) is 14.4 Å². The van der Waals surface area contributed by atoms with Gasteiger partial charge in [-0.25, -0.2) is 4.98 Å². The molecule has 3 aromatic rings. The Labute approximate surface area is 200 Å². The first kappa shape index (κ1) is 23.4. The minimum Gasteiger partial charge on any atom is -0.490 e. The van der Waals surface area contributed by atoms with Crippen molar-refractivity contribution < 1.29 is 19.1 Å². The lowest BCUT2D eigenvalue weighted by atomic mass is 9.86. The van der Waals surface area contributed by atoms with Crippen molar-refractivity contribution in [3.8, 4) is 11.5 Å². The van der Waals surface area contributed by atoms with Gasteiger partial charge in [-0.15, -0.1) is 0 Å². The third-order valence-electron chi connectivity index (χ3n) is 5.19. The van der Waals surface area contributed by atoms with Gasteiger partial charge in [0.25, 0.3) is 11.5 Å². The van der Waals surface area contributed by atoms with Crippen molar-refractivity contribution >= 4 is 29.4 Å². The molecule has 0 spiro atoms. The number of aromatic nitrogens is 2. The number of rotatable bonds is 9. The predicted octanol–water partition coefficient (Wildman–Crippen LogP) is 2.80. The highest BCUT2D eigenvalue weighted by molar-refractivity contribution is 7.98. The smallest absolute Gasteiger partial charge is 0.257 e. The fraction of sp³-hybridized carbons (Fsp3) is 0.250. The molecular weight excluding hydrogens is 456 g/mol. The summed E-state index contributed by atoms with van der Waals surface area (Å²) in [5, 5.41) is 3.16. The minimum absolute atomic E-state index is 0.0846. The molecule has 0 bridgehead atoms. The van der Waals surface area contributed by atoms with E-state index in [1.807, 2.05) is 37.3 Å². The maximum absolute atomic E-state index is 13.1. The van der Waals surface area contributed by atoms with Gasteiger partial charge in [0.05, 0.1) is 12.2 Å². The minimum atomic E-state index is -0.608. The van der Waals surface area contributed by atoms with Crippen LogP contribution in [0.2, 0.25) is 0 Å². The SMILES string of the molecule is CCOc1cc([C@H]2CC(=O)Nc3nc(SCc4ccccc4)[nH]c(=O)c32)ccc1OCC(N)=O. The second-order valence-corrected chi connectivity index (χ2v) is 8.57. The van der Waals surface area contributed by atoms with E-state index in [0.29, 0.717) is 40.1 Å². The van der Waals surface area contributed by atoms with E-state index in [4.69, 9.17) is 15.2 Å². The fourth-order valence-corrected chi connectivity index (χ4v) is 4.52. The third-order valence-corrected chi connectivity index (χ3v) is 6.13. The fourth-order valence-electron chi connectivity index (χ4n) is 3.71. The van der Waals surface area contributed by atoms with Crippen molar-refractivity contribution in [1.82, 2.24) is 9.97 Å². The number of amides is 2. The normalized spacial score (nSPS) is 14.7. The molecule has 4 N–H and O–H groups in total. The molecule has 2 amide bonds. The second kappa shape index (κ2) is 10.4. The number of hydrogen-bond acceptors (Lipinski definition) is 7.